The molecule has 1 unspecified atom stereocenters. The lowest BCUT2D eigenvalue weighted by molar-refractivity contribution is 0.345. The summed E-state index contributed by atoms with van der Waals surface area (Å²) in [5, 5.41) is 11.7. The van der Waals surface area contributed by atoms with Crippen molar-refractivity contribution in [3.8, 4) is 0 Å². The smallest absolute Gasteiger partial charge is 0.233 e. The Bertz CT molecular complexity index is 343. The molecule has 0 bridgehead atoms. The monoisotopic (exact) mass is 251 g/mol. The minimum absolute atomic E-state index is 0.157. The van der Waals surface area contributed by atoms with E-state index in [1.807, 2.05) is 0 Å². The predicted octanol–water partition coefficient (Wildman–Crippen LogP) is 3.57. The molecular weight excluding hydrogens is 226 g/mol. The highest BCUT2D eigenvalue weighted by Crippen LogP contribution is 2.30. The van der Waals surface area contributed by atoms with Gasteiger partial charge in [0.25, 0.3) is 0 Å². The first kappa shape index (κ1) is 13.5. The topological polar surface area (TPSA) is 51.0 Å². The van der Waals surface area contributed by atoms with Crippen molar-refractivity contribution in [2.45, 2.75) is 70.8 Å². The SMILES string of the molecule is CCNC(C)c1nnc(C2CCCCCCC2)o1. The van der Waals surface area contributed by atoms with E-state index in [1.165, 1.54) is 44.9 Å². The summed E-state index contributed by atoms with van der Waals surface area (Å²) in [5.74, 6) is 2.07. The van der Waals surface area contributed by atoms with Crippen LogP contribution in [0.15, 0.2) is 4.42 Å². The van der Waals surface area contributed by atoms with Gasteiger partial charge in [0.2, 0.25) is 11.8 Å². The van der Waals surface area contributed by atoms with Crippen LogP contribution in [0.3, 0.4) is 0 Å². The van der Waals surface area contributed by atoms with Crippen LogP contribution in [0.4, 0.5) is 0 Å². The molecule has 1 aromatic rings. The van der Waals surface area contributed by atoms with Gasteiger partial charge in [-0.25, -0.2) is 0 Å². The maximum atomic E-state index is 5.85. The number of hydrogen-bond donors (Lipinski definition) is 1. The number of nitrogens with zero attached hydrogens (tertiary/aromatic N) is 2. The Labute approximate surface area is 110 Å². The molecule has 18 heavy (non-hydrogen) atoms. The van der Waals surface area contributed by atoms with Crippen molar-refractivity contribution < 1.29 is 4.42 Å². The van der Waals surface area contributed by atoms with E-state index in [4.69, 9.17) is 4.42 Å². The Hall–Kier alpha value is -0.900. The molecule has 1 aliphatic carbocycles. The molecule has 102 valence electrons. The van der Waals surface area contributed by atoms with E-state index < -0.39 is 0 Å². The van der Waals surface area contributed by atoms with Gasteiger partial charge >= 0.3 is 0 Å². The van der Waals surface area contributed by atoms with Crippen molar-refractivity contribution >= 4 is 0 Å². The molecule has 0 aromatic carbocycles. The summed E-state index contributed by atoms with van der Waals surface area (Å²) in [6.45, 7) is 5.07. The first-order valence-corrected chi connectivity index (χ1v) is 7.38. The third-order valence-corrected chi connectivity index (χ3v) is 3.79. The highest BCUT2D eigenvalue weighted by Gasteiger charge is 2.21. The fourth-order valence-corrected chi connectivity index (χ4v) is 2.68. The van der Waals surface area contributed by atoms with Crippen LogP contribution in [0.5, 0.6) is 0 Å². The van der Waals surface area contributed by atoms with Crippen molar-refractivity contribution in [1.82, 2.24) is 15.5 Å². The van der Waals surface area contributed by atoms with E-state index in [-0.39, 0.29) is 6.04 Å². The maximum absolute atomic E-state index is 5.85. The molecule has 0 radical (unpaired) electrons. The highest BCUT2D eigenvalue weighted by atomic mass is 16.4. The summed E-state index contributed by atoms with van der Waals surface area (Å²) in [7, 11) is 0. The van der Waals surface area contributed by atoms with Crippen LogP contribution < -0.4 is 5.32 Å². The number of hydrogen-bond acceptors (Lipinski definition) is 4. The number of nitrogens with one attached hydrogen (secondary N) is 1. The molecule has 0 amide bonds. The standard InChI is InChI=1S/C14H25N3O/c1-3-15-11(2)13-16-17-14(18-13)12-9-7-5-4-6-8-10-12/h11-12,15H,3-10H2,1-2H3. The van der Waals surface area contributed by atoms with Crippen LogP contribution >= 0.6 is 0 Å². The van der Waals surface area contributed by atoms with Gasteiger partial charge < -0.3 is 9.73 Å². The summed E-state index contributed by atoms with van der Waals surface area (Å²) in [5.41, 5.74) is 0. The Morgan fingerprint density at radius 1 is 1.17 bits per heavy atom. The Morgan fingerprint density at radius 2 is 1.83 bits per heavy atom. The molecule has 1 fully saturated rings. The molecule has 2 rings (SSSR count). The zero-order valence-electron chi connectivity index (χ0n) is 11.6. The minimum atomic E-state index is 0.157. The summed E-state index contributed by atoms with van der Waals surface area (Å²) < 4.78 is 5.85. The summed E-state index contributed by atoms with van der Waals surface area (Å²) in [6, 6.07) is 0.157. The van der Waals surface area contributed by atoms with Crippen LogP contribution in [0.25, 0.3) is 0 Å². The van der Waals surface area contributed by atoms with Gasteiger partial charge in [-0.15, -0.1) is 10.2 Å². The van der Waals surface area contributed by atoms with Gasteiger partial charge in [0.05, 0.1) is 6.04 Å². The summed E-state index contributed by atoms with van der Waals surface area (Å²) in [6.07, 6.45) is 9.10. The second-order valence-electron chi connectivity index (χ2n) is 5.30. The van der Waals surface area contributed by atoms with E-state index in [0.717, 1.165) is 18.3 Å². The molecule has 1 heterocycles. The van der Waals surface area contributed by atoms with E-state index in [0.29, 0.717) is 5.92 Å². The lowest BCUT2D eigenvalue weighted by Gasteiger charge is -2.16. The van der Waals surface area contributed by atoms with Crippen molar-refractivity contribution in [3.63, 3.8) is 0 Å². The quantitative estimate of drug-likeness (QED) is 0.888. The van der Waals surface area contributed by atoms with Gasteiger partial charge in [0, 0.05) is 5.92 Å². The Morgan fingerprint density at radius 3 is 2.50 bits per heavy atom. The molecule has 1 N–H and O–H groups in total. The van der Waals surface area contributed by atoms with Crippen molar-refractivity contribution in [2.24, 2.45) is 0 Å². The molecule has 1 atom stereocenters. The predicted molar refractivity (Wildman–Crippen MR) is 71.4 cm³/mol. The lowest BCUT2D eigenvalue weighted by atomic mass is 9.91. The lowest BCUT2D eigenvalue weighted by Crippen LogP contribution is -2.17. The zero-order valence-corrected chi connectivity index (χ0v) is 11.6. The molecule has 4 nitrogen and oxygen atoms in total. The summed E-state index contributed by atoms with van der Waals surface area (Å²) in [4.78, 5) is 0. The average molecular weight is 251 g/mol. The molecule has 1 aliphatic rings. The Kier molecular flexibility index (Phi) is 5.17. The van der Waals surface area contributed by atoms with Gasteiger partial charge in [-0.3, -0.25) is 0 Å². The average Bonchev–Trinajstić information content (AvgIpc) is 2.78. The first-order valence-electron chi connectivity index (χ1n) is 7.38. The second kappa shape index (κ2) is 6.88. The highest BCUT2D eigenvalue weighted by molar-refractivity contribution is 4.94. The van der Waals surface area contributed by atoms with Crippen LogP contribution in [0, 0.1) is 0 Å². The molecule has 0 saturated heterocycles. The third kappa shape index (κ3) is 3.55. The fraction of sp³-hybridized carbons (Fsp3) is 0.857. The van der Waals surface area contributed by atoms with E-state index in [1.54, 1.807) is 0 Å². The molecule has 0 spiro atoms. The molecule has 1 saturated carbocycles. The molecular formula is C14H25N3O. The van der Waals surface area contributed by atoms with Gasteiger partial charge in [-0.2, -0.15) is 0 Å². The normalized spacial score (nSPS) is 20.3. The summed E-state index contributed by atoms with van der Waals surface area (Å²) >= 11 is 0. The van der Waals surface area contributed by atoms with Crippen molar-refractivity contribution in [3.05, 3.63) is 11.8 Å². The minimum Gasteiger partial charge on any atom is -0.423 e. The molecule has 1 aromatic heterocycles. The maximum Gasteiger partial charge on any atom is 0.233 e. The molecule has 4 heteroatoms. The Balaban J connectivity index is 1.98. The largest absolute Gasteiger partial charge is 0.423 e. The van der Waals surface area contributed by atoms with Crippen molar-refractivity contribution in [1.29, 1.82) is 0 Å². The van der Waals surface area contributed by atoms with Crippen LogP contribution in [-0.2, 0) is 0 Å². The third-order valence-electron chi connectivity index (χ3n) is 3.79. The van der Waals surface area contributed by atoms with Crippen LogP contribution in [0.2, 0.25) is 0 Å². The number of aromatic nitrogens is 2. The second-order valence-corrected chi connectivity index (χ2v) is 5.30. The van der Waals surface area contributed by atoms with Gasteiger partial charge in [-0.05, 0) is 26.3 Å². The van der Waals surface area contributed by atoms with Crippen molar-refractivity contribution in [2.75, 3.05) is 6.54 Å². The van der Waals surface area contributed by atoms with Crippen LogP contribution in [0.1, 0.15) is 82.5 Å². The van der Waals surface area contributed by atoms with Gasteiger partial charge in [0.1, 0.15) is 0 Å². The van der Waals surface area contributed by atoms with Crippen LogP contribution in [-0.4, -0.2) is 16.7 Å². The molecule has 0 aliphatic heterocycles. The van der Waals surface area contributed by atoms with E-state index in [2.05, 4.69) is 29.4 Å². The fourth-order valence-electron chi connectivity index (χ4n) is 2.68. The first-order chi connectivity index (χ1) is 8.81. The zero-order chi connectivity index (χ0) is 12.8. The van der Waals surface area contributed by atoms with E-state index in [9.17, 15) is 0 Å². The van der Waals surface area contributed by atoms with Gasteiger partial charge in [0.15, 0.2) is 0 Å². The van der Waals surface area contributed by atoms with Gasteiger partial charge in [-0.1, -0.05) is 39.0 Å². The van der Waals surface area contributed by atoms with E-state index >= 15 is 0 Å². The number of rotatable bonds is 4.